The lowest BCUT2D eigenvalue weighted by atomic mass is 10.1. The standard InChI is InChI=1S/C15H16O3S/c1-17-13-6-4-12(5-7-13)15(16)11-18-9-8-14-3-2-10-19-14/h2-7,10H,8-9,11H2,1H3. The molecule has 0 amide bonds. The third kappa shape index (κ3) is 4.19. The Hall–Kier alpha value is -1.65. The van der Waals surface area contributed by atoms with Crippen LogP contribution in [-0.2, 0) is 11.2 Å². The maximum absolute atomic E-state index is 11.8. The molecule has 4 heteroatoms. The first-order valence-corrected chi connectivity index (χ1v) is 6.95. The molecule has 0 N–H and O–H groups in total. The van der Waals surface area contributed by atoms with Crippen molar-refractivity contribution in [3.8, 4) is 5.75 Å². The summed E-state index contributed by atoms with van der Waals surface area (Å²) in [7, 11) is 1.60. The fourth-order valence-electron chi connectivity index (χ4n) is 1.65. The number of ether oxygens (including phenoxy) is 2. The molecule has 0 atom stereocenters. The van der Waals surface area contributed by atoms with Crippen LogP contribution in [-0.4, -0.2) is 26.1 Å². The number of thiophene rings is 1. The Morgan fingerprint density at radius 3 is 2.63 bits per heavy atom. The smallest absolute Gasteiger partial charge is 0.188 e. The first kappa shape index (κ1) is 13.8. The van der Waals surface area contributed by atoms with Crippen LogP contribution < -0.4 is 4.74 Å². The van der Waals surface area contributed by atoms with Gasteiger partial charge in [-0.25, -0.2) is 0 Å². The van der Waals surface area contributed by atoms with Crippen molar-refractivity contribution >= 4 is 17.1 Å². The van der Waals surface area contributed by atoms with E-state index in [1.54, 1.807) is 42.7 Å². The molecule has 0 saturated heterocycles. The summed E-state index contributed by atoms with van der Waals surface area (Å²) in [6.07, 6.45) is 0.855. The molecule has 0 unspecified atom stereocenters. The SMILES string of the molecule is COc1ccc(C(=O)COCCc2cccs2)cc1. The van der Waals surface area contributed by atoms with Gasteiger partial charge in [0, 0.05) is 16.9 Å². The molecule has 1 heterocycles. The Bertz CT molecular complexity index is 503. The summed E-state index contributed by atoms with van der Waals surface area (Å²) in [5.41, 5.74) is 0.650. The zero-order valence-electron chi connectivity index (χ0n) is 10.8. The minimum Gasteiger partial charge on any atom is -0.497 e. The van der Waals surface area contributed by atoms with Crippen LogP contribution in [0.15, 0.2) is 41.8 Å². The predicted octanol–water partition coefficient (Wildman–Crippen LogP) is 3.20. The number of hydrogen-bond acceptors (Lipinski definition) is 4. The first-order chi connectivity index (χ1) is 9.29. The molecule has 0 aliphatic carbocycles. The van der Waals surface area contributed by atoms with Gasteiger partial charge in [-0.05, 0) is 35.7 Å². The van der Waals surface area contributed by atoms with E-state index in [2.05, 4.69) is 6.07 Å². The molecule has 2 rings (SSSR count). The highest BCUT2D eigenvalue weighted by atomic mass is 32.1. The van der Waals surface area contributed by atoms with Gasteiger partial charge in [0.2, 0.25) is 0 Å². The maximum atomic E-state index is 11.8. The summed E-state index contributed by atoms with van der Waals surface area (Å²) < 4.78 is 10.5. The van der Waals surface area contributed by atoms with Crippen LogP contribution in [0.2, 0.25) is 0 Å². The van der Waals surface area contributed by atoms with Crippen molar-refractivity contribution in [2.45, 2.75) is 6.42 Å². The number of carbonyl (C=O) groups excluding carboxylic acids is 1. The average Bonchev–Trinajstić information content (AvgIpc) is 2.96. The van der Waals surface area contributed by atoms with E-state index >= 15 is 0 Å². The lowest BCUT2D eigenvalue weighted by Gasteiger charge is -2.04. The minimum atomic E-state index is -0.00571. The number of rotatable bonds is 7. The molecule has 0 fully saturated rings. The number of Topliss-reactive ketones (excluding diaryl/α,β-unsaturated/α-hetero) is 1. The molecule has 3 nitrogen and oxygen atoms in total. The number of carbonyl (C=O) groups is 1. The topological polar surface area (TPSA) is 35.5 Å². The highest BCUT2D eigenvalue weighted by molar-refractivity contribution is 7.09. The van der Waals surface area contributed by atoms with Crippen LogP contribution in [0.4, 0.5) is 0 Å². The fraction of sp³-hybridized carbons (Fsp3) is 0.267. The fourth-order valence-corrected chi connectivity index (χ4v) is 2.34. The largest absolute Gasteiger partial charge is 0.497 e. The van der Waals surface area contributed by atoms with E-state index < -0.39 is 0 Å². The van der Waals surface area contributed by atoms with Gasteiger partial charge in [-0.3, -0.25) is 4.79 Å². The predicted molar refractivity (Wildman–Crippen MR) is 76.2 cm³/mol. The van der Waals surface area contributed by atoms with Crippen molar-refractivity contribution in [1.29, 1.82) is 0 Å². The Kier molecular flexibility index (Phi) is 5.12. The zero-order valence-corrected chi connectivity index (χ0v) is 11.6. The summed E-state index contributed by atoms with van der Waals surface area (Å²) >= 11 is 1.70. The van der Waals surface area contributed by atoms with Gasteiger partial charge in [-0.15, -0.1) is 11.3 Å². The Morgan fingerprint density at radius 1 is 1.21 bits per heavy atom. The molecular formula is C15H16O3S. The number of ketones is 1. The normalized spacial score (nSPS) is 10.4. The molecule has 0 aliphatic heterocycles. The van der Waals surface area contributed by atoms with Gasteiger partial charge in [0.25, 0.3) is 0 Å². The lowest BCUT2D eigenvalue weighted by molar-refractivity contribution is 0.0766. The van der Waals surface area contributed by atoms with E-state index in [4.69, 9.17) is 9.47 Å². The van der Waals surface area contributed by atoms with E-state index in [1.807, 2.05) is 11.4 Å². The molecule has 19 heavy (non-hydrogen) atoms. The van der Waals surface area contributed by atoms with Crippen molar-refractivity contribution in [3.63, 3.8) is 0 Å². The highest BCUT2D eigenvalue weighted by Crippen LogP contribution is 2.12. The summed E-state index contributed by atoms with van der Waals surface area (Å²) in [4.78, 5) is 13.1. The number of hydrogen-bond donors (Lipinski definition) is 0. The molecule has 0 aliphatic rings. The van der Waals surface area contributed by atoms with E-state index in [0.717, 1.165) is 12.2 Å². The van der Waals surface area contributed by atoms with Gasteiger partial charge < -0.3 is 9.47 Å². The van der Waals surface area contributed by atoms with Gasteiger partial charge >= 0.3 is 0 Å². The molecule has 0 radical (unpaired) electrons. The van der Waals surface area contributed by atoms with Crippen LogP contribution in [0.1, 0.15) is 15.2 Å². The van der Waals surface area contributed by atoms with Crippen LogP contribution in [0.5, 0.6) is 5.75 Å². The molecule has 100 valence electrons. The summed E-state index contributed by atoms with van der Waals surface area (Å²) in [6.45, 7) is 0.695. The van der Waals surface area contributed by atoms with Crippen LogP contribution in [0, 0.1) is 0 Å². The molecule has 1 aromatic carbocycles. The number of benzene rings is 1. The van der Waals surface area contributed by atoms with Gasteiger partial charge in [-0.1, -0.05) is 6.07 Å². The van der Waals surface area contributed by atoms with Crippen molar-refractivity contribution < 1.29 is 14.3 Å². The van der Waals surface area contributed by atoms with Crippen LogP contribution in [0.3, 0.4) is 0 Å². The van der Waals surface area contributed by atoms with E-state index in [-0.39, 0.29) is 12.4 Å². The highest BCUT2D eigenvalue weighted by Gasteiger charge is 2.06. The first-order valence-electron chi connectivity index (χ1n) is 6.07. The van der Waals surface area contributed by atoms with E-state index in [9.17, 15) is 4.79 Å². The lowest BCUT2D eigenvalue weighted by Crippen LogP contribution is -2.10. The zero-order chi connectivity index (χ0) is 13.5. The van der Waals surface area contributed by atoms with Crippen molar-refractivity contribution in [2.24, 2.45) is 0 Å². The summed E-state index contributed by atoms with van der Waals surface area (Å²) in [5.74, 6) is 0.740. The van der Waals surface area contributed by atoms with Gasteiger partial charge in [0.05, 0.1) is 13.7 Å². The molecule has 0 bridgehead atoms. The Labute approximate surface area is 116 Å². The van der Waals surface area contributed by atoms with Crippen molar-refractivity contribution in [3.05, 3.63) is 52.2 Å². The Morgan fingerprint density at radius 2 is 2.00 bits per heavy atom. The third-order valence-corrected chi connectivity index (χ3v) is 3.65. The second kappa shape index (κ2) is 7.07. The van der Waals surface area contributed by atoms with Crippen LogP contribution in [0.25, 0.3) is 0 Å². The summed E-state index contributed by atoms with van der Waals surface area (Å²) in [6, 6.07) is 11.1. The third-order valence-electron chi connectivity index (χ3n) is 2.72. The monoisotopic (exact) mass is 276 g/mol. The van der Waals surface area contributed by atoms with Crippen LogP contribution >= 0.6 is 11.3 Å². The summed E-state index contributed by atoms with van der Waals surface area (Å²) in [5, 5.41) is 2.04. The molecule has 0 saturated carbocycles. The molecule has 1 aromatic heterocycles. The van der Waals surface area contributed by atoms with E-state index in [1.165, 1.54) is 4.88 Å². The van der Waals surface area contributed by atoms with Gasteiger partial charge in [0.15, 0.2) is 5.78 Å². The van der Waals surface area contributed by atoms with Crippen molar-refractivity contribution in [1.82, 2.24) is 0 Å². The minimum absolute atomic E-state index is 0.00571. The van der Waals surface area contributed by atoms with E-state index in [0.29, 0.717) is 12.2 Å². The molecule has 0 spiro atoms. The van der Waals surface area contributed by atoms with Gasteiger partial charge in [0.1, 0.15) is 12.4 Å². The quantitative estimate of drug-likeness (QED) is 0.575. The second-order valence-corrected chi connectivity index (χ2v) is 5.07. The number of methoxy groups -OCH3 is 1. The molecular weight excluding hydrogens is 260 g/mol. The van der Waals surface area contributed by atoms with Gasteiger partial charge in [-0.2, -0.15) is 0 Å². The second-order valence-electron chi connectivity index (χ2n) is 4.03. The Balaban J connectivity index is 1.74. The maximum Gasteiger partial charge on any atom is 0.188 e. The van der Waals surface area contributed by atoms with Crippen molar-refractivity contribution in [2.75, 3.05) is 20.3 Å². The average molecular weight is 276 g/mol. The molecule has 2 aromatic rings.